The number of nitrogens with zero attached hydrogens (tertiary/aromatic N) is 3. The summed E-state index contributed by atoms with van der Waals surface area (Å²) in [5.41, 5.74) is 7.33. The molecular weight excluding hydrogens is 232 g/mol. The molecule has 0 spiro atoms. The van der Waals surface area contributed by atoms with Gasteiger partial charge in [-0.25, -0.2) is 4.79 Å². The van der Waals surface area contributed by atoms with Crippen molar-refractivity contribution in [1.29, 1.82) is 0 Å². The summed E-state index contributed by atoms with van der Waals surface area (Å²) < 4.78 is 6.76. The lowest BCUT2D eigenvalue weighted by molar-refractivity contribution is 0.0524. The average Bonchev–Trinajstić information content (AvgIpc) is 2.88. The number of aryl methyl sites for hydroxylation is 1. The lowest BCUT2D eigenvalue weighted by Gasteiger charge is -2.16. The number of nitrogens with two attached hydrogens (primary N) is 1. The Morgan fingerprint density at radius 2 is 2.44 bits per heavy atom. The van der Waals surface area contributed by atoms with E-state index in [0.717, 1.165) is 25.2 Å². The summed E-state index contributed by atoms with van der Waals surface area (Å²) in [5.74, 6) is -0.302. The number of aromatic nitrogens is 2. The first-order chi connectivity index (χ1) is 8.61. The number of esters is 1. The molecule has 18 heavy (non-hydrogen) atoms. The molecule has 2 rings (SSSR count). The smallest absolute Gasteiger partial charge is 0.341 e. The van der Waals surface area contributed by atoms with Gasteiger partial charge in [-0.3, -0.25) is 9.58 Å². The van der Waals surface area contributed by atoms with Crippen LogP contribution in [0, 0.1) is 0 Å². The maximum Gasteiger partial charge on any atom is 0.341 e. The Hall–Kier alpha value is -1.40. The van der Waals surface area contributed by atoms with Crippen LogP contribution in [0.5, 0.6) is 0 Å². The molecular formula is C12H20N4O2. The second kappa shape index (κ2) is 5.49. The Balaban J connectivity index is 2.11. The van der Waals surface area contributed by atoms with Crippen LogP contribution in [0.25, 0.3) is 0 Å². The van der Waals surface area contributed by atoms with E-state index in [2.05, 4.69) is 10.00 Å². The Morgan fingerprint density at radius 1 is 1.67 bits per heavy atom. The van der Waals surface area contributed by atoms with Gasteiger partial charge in [-0.05, 0) is 13.3 Å². The number of hydrogen-bond acceptors (Lipinski definition) is 5. The molecule has 1 aromatic rings. The Labute approximate surface area is 107 Å². The van der Waals surface area contributed by atoms with Gasteiger partial charge >= 0.3 is 5.97 Å². The highest BCUT2D eigenvalue weighted by Gasteiger charge is 2.23. The third kappa shape index (κ3) is 2.70. The van der Waals surface area contributed by atoms with E-state index in [0.29, 0.717) is 18.7 Å². The number of carbonyl (C=O) groups excluding carboxylic acids is 1. The third-order valence-corrected chi connectivity index (χ3v) is 3.24. The lowest BCUT2D eigenvalue weighted by atomic mass is 10.2. The van der Waals surface area contributed by atoms with Crippen molar-refractivity contribution in [3.8, 4) is 0 Å². The first-order valence-corrected chi connectivity index (χ1v) is 6.27. The second-order valence-electron chi connectivity index (χ2n) is 4.63. The van der Waals surface area contributed by atoms with Crippen LogP contribution in [0.4, 0.5) is 0 Å². The van der Waals surface area contributed by atoms with E-state index in [1.165, 1.54) is 0 Å². The molecule has 1 fully saturated rings. The second-order valence-corrected chi connectivity index (χ2v) is 4.63. The van der Waals surface area contributed by atoms with Crippen LogP contribution in [-0.2, 0) is 18.3 Å². The van der Waals surface area contributed by atoms with Gasteiger partial charge in [0.2, 0.25) is 0 Å². The lowest BCUT2D eigenvalue weighted by Crippen LogP contribution is -2.27. The van der Waals surface area contributed by atoms with Crippen LogP contribution in [0.3, 0.4) is 0 Å². The Kier molecular flexibility index (Phi) is 3.98. The predicted octanol–water partition coefficient (Wildman–Crippen LogP) is 0.130. The molecule has 1 saturated heterocycles. The van der Waals surface area contributed by atoms with Crippen molar-refractivity contribution in [2.75, 3.05) is 19.7 Å². The topological polar surface area (TPSA) is 73.4 Å². The molecule has 0 bridgehead atoms. The minimum Gasteiger partial charge on any atom is -0.462 e. The standard InChI is InChI=1S/C12H20N4O2/c1-3-18-12(17)10-6-14-15(2)11(10)8-16-5-4-9(13)7-16/h6,9H,3-5,7-8,13H2,1-2H3/t9-/m0/s1. The van der Waals surface area contributed by atoms with Crippen LogP contribution in [0.1, 0.15) is 29.4 Å². The van der Waals surface area contributed by atoms with Crippen molar-refractivity contribution >= 4 is 5.97 Å². The SMILES string of the molecule is CCOC(=O)c1cnn(C)c1CN1CC[C@H](N)C1. The average molecular weight is 252 g/mol. The molecule has 0 radical (unpaired) electrons. The summed E-state index contributed by atoms with van der Waals surface area (Å²) in [5, 5.41) is 4.14. The fraction of sp³-hybridized carbons (Fsp3) is 0.667. The van der Waals surface area contributed by atoms with Gasteiger partial charge in [-0.2, -0.15) is 5.10 Å². The van der Waals surface area contributed by atoms with E-state index in [1.807, 2.05) is 7.05 Å². The molecule has 1 aromatic heterocycles. The first kappa shape index (κ1) is 13.0. The van der Waals surface area contributed by atoms with E-state index in [4.69, 9.17) is 10.5 Å². The summed E-state index contributed by atoms with van der Waals surface area (Å²) in [6.45, 7) is 4.70. The predicted molar refractivity (Wildman–Crippen MR) is 67.0 cm³/mol. The largest absolute Gasteiger partial charge is 0.462 e. The summed E-state index contributed by atoms with van der Waals surface area (Å²) in [6.07, 6.45) is 2.58. The monoisotopic (exact) mass is 252 g/mol. The zero-order valence-electron chi connectivity index (χ0n) is 10.9. The van der Waals surface area contributed by atoms with Crippen molar-refractivity contribution in [2.24, 2.45) is 12.8 Å². The molecule has 6 nitrogen and oxygen atoms in total. The van der Waals surface area contributed by atoms with Gasteiger partial charge in [0.1, 0.15) is 5.56 Å². The normalized spacial score (nSPS) is 20.3. The van der Waals surface area contributed by atoms with Gasteiger partial charge in [-0.15, -0.1) is 0 Å². The molecule has 0 saturated carbocycles. The fourth-order valence-electron chi connectivity index (χ4n) is 2.25. The van der Waals surface area contributed by atoms with Crippen molar-refractivity contribution < 1.29 is 9.53 Å². The van der Waals surface area contributed by atoms with Gasteiger partial charge in [-0.1, -0.05) is 0 Å². The number of carbonyl (C=O) groups is 1. The molecule has 2 N–H and O–H groups in total. The van der Waals surface area contributed by atoms with Crippen molar-refractivity contribution in [3.05, 3.63) is 17.5 Å². The molecule has 0 amide bonds. The number of likely N-dealkylation sites (tertiary alicyclic amines) is 1. The number of ether oxygens (including phenoxy) is 1. The Morgan fingerprint density at radius 3 is 3.06 bits per heavy atom. The van der Waals surface area contributed by atoms with Gasteiger partial charge in [0.05, 0.1) is 18.5 Å². The molecule has 2 heterocycles. The van der Waals surface area contributed by atoms with E-state index in [1.54, 1.807) is 17.8 Å². The van der Waals surface area contributed by atoms with Crippen molar-refractivity contribution in [1.82, 2.24) is 14.7 Å². The highest BCUT2D eigenvalue weighted by molar-refractivity contribution is 5.90. The van der Waals surface area contributed by atoms with Crippen molar-refractivity contribution in [2.45, 2.75) is 25.9 Å². The molecule has 1 atom stereocenters. The quantitative estimate of drug-likeness (QED) is 0.771. The van der Waals surface area contributed by atoms with Gasteiger partial charge in [0, 0.05) is 32.7 Å². The highest BCUT2D eigenvalue weighted by atomic mass is 16.5. The van der Waals surface area contributed by atoms with Crippen LogP contribution >= 0.6 is 0 Å². The molecule has 0 unspecified atom stereocenters. The fourth-order valence-corrected chi connectivity index (χ4v) is 2.25. The van der Waals surface area contributed by atoms with Crippen LogP contribution in [0.2, 0.25) is 0 Å². The van der Waals surface area contributed by atoms with Crippen LogP contribution in [-0.4, -0.2) is 46.4 Å². The van der Waals surface area contributed by atoms with E-state index < -0.39 is 0 Å². The van der Waals surface area contributed by atoms with E-state index in [-0.39, 0.29) is 12.0 Å². The maximum absolute atomic E-state index is 11.8. The molecule has 0 aliphatic carbocycles. The summed E-state index contributed by atoms with van der Waals surface area (Å²) in [4.78, 5) is 14.0. The number of rotatable bonds is 4. The zero-order chi connectivity index (χ0) is 13.1. The maximum atomic E-state index is 11.8. The minimum atomic E-state index is -0.302. The molecule has 0 aromatic carbocycles. The third-order valence-electron chi connectivity index (χ3n) is 3.24. The van der Waals surface area contributed by atoms with Crippen molar-refractivity contribution in [3.63, 3.8) is 0 Å². The first-order valence-electron chi connectivity index (χ1n) is 6.27. The van der Waals surface area contributed by atoms with Crippen LogP contribution < -0.4 is 5.73 Å². The molecule has 1 aliphatic heterocycles. The minimum absolute atomic E-state index is 0.240. The molecule has 6 heteroatoms. The zero-order valence-corrected chi connectivity index (χ0v) is 10.9. The van der Waals surface area contributed by atoms with Crippen LogP contribution in [0.15, 0.2) is 6.20 Å². The summed E-state index contributed by atoms with van der Waals surface area (Å²) in [7, 11) is 1.84. The Bertz CT molecular complexity index is 430. The van der Waals surface area contributed by atoms with Gasteiger partial charge in [0.15, 0.2) is 0 Å². The number of hydrogen-bond donors (Lipinski definition) is 1. The summed E-state index contributed by atoms with van der Waals surface area (Å²) in [6, 6.07) is 0.240. The van der Waals surface area contributed by atoms with Gasteiger partial charge in [0.25, 0.3) is 0 Å². The molecule has 1 aliphatic rings. The van der Waals surface area contributed by atoms with Gasteiger partial charge < -0.3 is 10.5 Å². The summed E-state index contributed by atoms with van der Waals surface area (Å²) >= 11 is 0. The molecule has 100 valence electrons. The van der Waals surface area contributed by atoms with E-state index in [9.17, 15) is 4.79 Å². The highest BCUT2D eigenvalue weighted by Crippen LogP contribution is 2.16. The van der Waals surface area contributed by atoms with E-state index >= 15 is 0 Å².